The highest BCUT2D eigenvalue weighted by atomic mass is 32.2. The van der Waals surface area contributed by atoms with Gasteiger partial charge in [-0.3, -0.25) is 10.0 Å². The molecule has 2 heterocycles. The van der Waals surface area contributed by atoms with Crippen LogP contribution in [0.2, 0.25) is 0 Å². The minimum absolute atomic E-state index is 0.227. The number of hydrogen-bond donors (Lipinski definition) is 2. The second-order valence-electron chi connectivity index (χ2n) is 6.65. The molecular weight excluding hydrogens is 410 g/mol. The summed E-state index contributed by atoms with van der Waals surface area (Å²) in [5.74, 6) is -0.694. The number of nitrogens with one attached hydrogen (secondary N) is 1. The van der Waals surface area contributed by atoms with E-state index in [0.29, 0.717) is 5.56 Å². The standard InChI is InChI=1S/C20H21N3O4S2/c1-22(2)13-16-4-3-5-17(12-16)18-7-9-20(28-18)29(26,27)23-11-10-15(14-23)6-8-19(24)21-25/h3-12,14,25H,13H2,1-2H3,(H,21,24). The van der Waals surface area contributed by atoms with Gasteiger partial charge in [0.15, 0.2) is 0 Å². The normalized spacial score (nSPS) is 12.0. The van der Waals surface area contributed by atoms with Crippen LogP contribution in [0.1, 0.15) is 11.1 Å². The highest BCUT2D eigenvalue weighted by Crippen LogP contribution is 2.32. The van der Waals surface area contributed by atoms with Gasteiger partial charge in [0.2, 0.25) is 0 Å². The summed E-state index contributed by atoms with van der Waals surface area (Å²) in [5, 5.41) is 8.50. The number of hydrogen-bond acceptors (Lipinski definition) is 6. The summed E-state index contributed by atoms with van der Waals surface area (Å²) >= 11 is 1.21. The first-order valence-electron chi connectivity index (χ1n) is 8.69. The summed E-state index contributed by atoms with van der Waals surface area (Å²) in [6, 6.07) is 13.0. The molecule has 3 aromatic rings. The van der Waals surface area contributed by atoms with Crippen LogP contribution in [0.4, 0.5) is 0 Å². The van der Waals surface area contributed by atoms with E-state index in [1.54, 1.807) is 12.1 Å². The fraction of sp³-hybridized carbons (Fsp3) is 0.150. The van der Waals surface area contributed by atoms with E-state index in [2.05, 4.69) is 11.0 Å². The first-order valence-corrected chi connectivity index (χ1v) is 10.9. The third-order valence-corrected chi connectivity index (χ3v) is 7.29. The van der Waals surface area contributed by atoms with E-state index in [1.165, 1.54) is 35.3 Å². The van der Waals surface area contributed by atoms with Crippen LogP contribution in [0.15, 0.2) is 65.1 Å². The topological polar surface area (TPSA) is 91.6 Å². The van der Waals surface area contributed by atoms with Crippen molar-refractivity contribution in [2.75, 3.05) is 14.1 Å². The Bertz CT molecular complexity index is 1140. The fourth-order valence-electron chi connectivity index (χ4n) is 2.76. The van der Waals surface area contributed by atoms with Crippen LogP contribution in [-0.2, 0) is 21.4 Å². The number of carbonyl (C=O) groups is 1. The third-order valence-electron chi connectivity index (χ3n) is 4.05. The summed E-state index contributed by atoms with van der Waals surface area (Å²) in [4.78, 5) is 14.0. The van der Waals surface area contributed by atoms with Gasteiger partial charge in [0, 0.05) is 29.9 Å². The van der Waals surface area contributed by atoms with Gasteiger partial charge < -0.3 is 4.90 Å². The lowest BCUT2D eigenvalue weighted by atomic mass is 10.1. The fourth-order valence-corrected chi connectivity index (χ4v) is 5.37. The van der Waals surface area contributed by atoms with Gasteiger partial charge in [-0.2, -0.15) is 8.42 Å². The Morgan fingerprint density at radius 3 is 2.76 bits per heavy atom. The van der Waals surface area contributed by atoms with Crippen molar-refractivity contribution in [1.82, 2.24) is 14.4 Å². The molecule has 0 atom stereocenters. The van der Waals surface area contributed by atoms with Gasteiger partial charge in [0.25, 0.3) is 15.9 Å². The highest BCUT2D eigenvalue weighted by molar-refractivity contribution is 7.92. The van der Waals surface area contributed by atoms with Crippen LogP contribution in [0.5, 0.6) is 0 Å². The van der Waals surface area contributed by atoms with Gasteiger partial charge in [0.1, 0.15) is 4.21 Å². The molecule has 0 radical (unpaired) electrons. The maximum Gasteiger partial charge on any atom is 0.277 e. The molecule has 0 saturated heterocycles. The Hall–Kier alpha value is -2.72. The van der Waals surface area contributed by atoms with Crippen molar-refractivity contribution in [1.29, 1.82) is 0 Å². The molecule has 152 valence electrons. The molecule has 2 aromatic heterocycles. The van der Waals surface area contributed by atoms with Crippen molar-refractivity contribution in [2.45, 2.75) is 10.8 Å². The number of thiophene rings is 1. The van der Waals surface area contributed by atoms with Gasteiger partial charge >= 0.3 is 0 Å². The van der Waals surface area contributed by atoms with Crippen molar-refractivity contribution in [3.63, 3.8) is 0 Å². The Kier molecular flexibility index (Phi) is 6.33. The van der Waals surface area contributed by atoms with Crippen LogP contribution in [0.25, 0.3) is 16.5 Å². The molecule has 0 spiro atoms. The summed E-state index contributed by atoms with van der Waals surface area (Å²) in [6.07, 6.45) is 5.35. The zero-order chi connectivity index (χ0) is 21.0. The molecule has 1 amide bonds. The quantitative estimate of drug-likeness (QED) is 0.341. The van der Waals surface area contributed by atoms with Crippen LogP contribution in [-0.4, -0.2) is 42.5 Å². The SMILES string of the molecule is CN(C)Cc1cccc(-c2ccc(S(=O)(=O)n3ccc(C=CC(=O)NO)c3)s2)c1. The summed E-state index contributed by atoms with van der Waals surface area (Å²) in [7, 11) is 0.263. The second kappa shape index (κ2) is 8.75. The summed E-state index contributed by atoms with van der Waals surface area (Å²) in [5.41, 5.74) is 4.12. The molecule has 0 saturated carbocycles. The lowest BCUT2D eigenvalue weighted by Gasteiger charge is -2.10. The average molecular weight is 432 g/mol. The van der Waals surface area contributed by atoms with Crippen LogP contribution < -0.4 is 5.48 Å². The molecule has 0 unspecified atom stereocenters. The Balaban J connectivity index is 1.85. The summed E-state index contributed by atoms with van der Waals surface area (Å²) in [6.45, 7) is 0.804. The van der Waals surface area contributed by atoms with Crippen molar-refractivity contribution in [3.05, 3.63) is 72.1 Å². The second-order valence-corrected chi connectivity index (χ2v) is 9.80. The largest absolute Gasteiger partial charge is 0.305 e. The molecule has 0 aliphatic carbocycles. The minimum Gasteiger partial charge on any atom is -0.305 e. The van der Waals surface area contributed by atoms with Crippen LogP contribution in [0, 0.1) is 0 Å². The number of hydroxylamine groups is 1. The lowest BCUT2D eigenvalue weighted by molar-refractivity contribution is -0.124. The Labute approximate surface area is 173 Å². The Morgan fingerprint density at radius 1 is 1.24 bits per heavy atom. The van der Waals surface area contributed by atoms with Crippen LogP contribution >= 0.6 is 11.3 Å². The number of amides is 1. The first-order chi connectivity index (χ1) is 13.8. The average Bonchev–Trinajstić information content (AvgIpc) is 3.36. The molecule has 0 aliphatic heterocycles. The lowest BCUT2D eigenvalue weighted by Crippen LogP contribution is -2.14. The number of benzene rings is 1. The van der Waals surface area contributed by atoms with Crippen molar-refractivity contribution in [2.24, 2.45) is 0 Å². The molecule has 9 heteroatoms. The van der Waals surface area contributed by atoms with Gasteiger partial charge in [0.05, 0.1) is 0 Å². The van der Waals surface area contributed by atoms with E-state index in [9.17, 15) is 13.2 Å². The highest BCUT2D eigenvalue weighted by Gasteiger charge is 2.19. The van der Waals surface area contributed by atoms with E-state index in [1.807, 2.05) is 38.4 Å². The third kappa shape index (κ3) is 5.01. The van der Waals surface area contributed by atoms with Gasteiger partial charge in [-0.15, -0.1) is 11.3 Å². The molecule has 1 aromatic carbocycles. The molecule has 3 rings (SSSR count). The zero-order valence-electron chi connectivity index (χ0n) is 15.9. The molecule has 0 fully saturated rings. The van der Waals surface area contributed by atoms with Crippen molar-refractivity contribution >= 4 is 33.3 Å². The smallest absolute Gasteiger partial charge is 0.277 e. The van der Waals surface area contributed by atoms with E-state index >= 15 is 0 Å². The number of aromatic nitrogens is 1. The van der Waals surface area contributed by atoms with Gasteiger partial charge in [-0.1, -0.05) is 18.2 Å². The first kappa shape index (κ1) is 21.0. The Morgan fingerprint density at radius 2 is 2.03 bits per heavy atom. The minimum atomic E-state index is -3.74. The molecule has 7 nitrogen and oxygen atoms in total. The molecule has 0 bridgehead atoms. The van der Waals surface area contributed by atoms with E-state index in [0.717, 1.165) is 32.6 Å². The molecule has 0 aliphatic rings. The number of carbonyl (C=O) groups excluding carboxylic acids is 1. The van der Waals surface area contributed by atoms with Crippen molar-refractivity contribution < 1.29 is 18.4 Å². The van der Waals surface area contributed by atoms with Gasteiger partial charge in [-0.25, -0.2) is 9.45 Å². The zero-order valence-corrected chi connectivity index (χ0v) is 17.6. The maximum absolute atomic E-state index is 12.9. The molecular formula is C20H21N3O4S2. The van der Waals surface area contributed by atoms with E-state index < -0.39 is 15.9 Å². The van der Waals surface area contributed by atoms with Gasteiger partial charge in [-0.05, 0) is 61.1 Å². The monoisotopic (exact) mass is 431 g/mol. The maximum atomic E-state index is 12.9. The number of rotatable bonds is 7. The number of nitrogens with zero attached hydrogens (tertiary/aromatic N) is 2. The predicted octanol–water partition coefficient (Wildman–Crippen LogP) is 3.03. The van der Waals surface area contributed by atoms with Crippen molar-refractivity contribution in [3.8, 4) is 10.4 Å². The van der Waals surface area contributed by atoms with Crippen LogP contribution in [0.3, 0.4) is 0 Å². The summed E-state index contributed by atoms with van der Waals surface area (Å²) < 4.78 is 27.2. The van der Waals surface area contributed by atoms with E-state index in [-0.39, 0.29) is 4.21 Å². The van der Waals surface area contributed by atoms with E-state index in [4.69, 9.17) is 5.21 Å². The molecule has 29 heavy (non-hydrogen) atoms. The molecule has 2 N–H and O–H groups in total. The predicted molar refractivity (Wildman–Crippen MR) is 113 cm³/mol.